The van der Waals surface area contributed by atoms with Gasteiger partial charge in [0.1, 0.15) is 11.2 Å². The first-order chi connectivity index (χ1) is 12.1. The fraction of sp³-hybridized carbons (Fsp3) is 0.526. The number of halogens is 2. The Balaban J connectivity index is 3.67. The highest BCUT2D eigenvalue weighted by molar-refractivity contribution is 14.1. The molecule has 6 nitrogen and oxygen atoms in total. The fourth-order valence-electron chi connectivity index (χ4n) is 2.10. The minimum absolute atomic E-state index is 0.261. The average Bonchev–Trinajstić information content (AvgIpc) is 2.49. The molecule has 0 unspecified atom stereocenters. The lowest BCUT2D eigenvalue weighted by Crippen LogP contribution is -2.47. The van der Waals surface area contributed by atoms with Gasteiger partial charge in [0.25, 0.3) is 0 Å². The number of rotatable bonds is 4. The Labute approximate surface area is 171 Å². The standard InChI is InChI=1S/C19H24FIO6/c1-17(2,3)26-15(23)19(20,16(24)27-18(4,5)6)13-9-8-11(21)10-12(13)14(22)25-7/h8-10H,1-7H3. The molecule has 0 spiro atoms. The average molecular weight is 494 g/mol. The molecule has 0 aliphatic carbocycles. The van der Waals surface area contributed by atoms with E-state index in [4.69, 9.17) is 9.47 Å². The Morgan fingerprint density at radius 2 is 1.37 bits per heavy atom. The molecule has 1 aromatic rings. The normalized spacial score (nSPS) is 12.3. The van der Waals surface area contributed by atoms with Gasteiger partial charge in [0.05, 0.1) is 12.7 Å². The molecule has 1 aromatic carbocycles. The summed E-state index contributed by atoms with van der Waals surface area (Å²) in [6.45, 7) is 9.22. The molecule has 0 radical (unpaired) electrons. The van der Waals surface area contributed by atoms with Gasteiger partial charge < -0.3 is 14.2 Å². The summed E-state index contributed by atoms with van der Waals surface area (Å²) in [5.41, 5.74) is -6.22. The van der Waals surface area contributed by atoms with Crippen LogP contribution in [0, 0.1) is 3.57 Å². The van der Waals surface area contributed by atoms with E-state index < -0.39 is 40.3 Å². The molecule has 0 N–H and O–H groups in total. The van der Waals surface area contributed by atoms with E-state index in [2.05, 4.69) is 4.74 Å². The van der Waals surface area contributed by atoms with E-state index in [9.17, 15) is 14.4 Å². The predicted molar refractivity (Wildman–Crippen MR) is 105 cm³/mol. The summed E-state index contributed by atoms with van der Waals surface area (Å²) in [5.74, 6) is -3.82. The number of methoxy groups -OCH3 is 1. The van der Waals surface area contributed by atoms with E-state index in [0.717, 1.165) is 7.11 Å². The van der Waals surface area contributed by atoms with Crippen LogP contribution in [0.25, 0.3) is 0 Å². The van der Waals surface area contributed by atoms with Crippen molar-refractivity contribution in [3.8, 4) is 0 Å². The molecule has 0 bridgehead atoms. The van der Waals surface area contributed by atoms with E-state index in [1.165, 1.54) is 59.7 Å². The Hall–Kier alpha value is -1.71. The van der Waals surface area contributed by atoms with Gasteiger partial charge in [-0.1, -0.05) is 6.07 Å². The van der Waals surface area contributed by atoms with Crippen molar-refractivity contribution in [2.75, 3.05) is 7.11 Å². The van der Waals surface area contributed by atoms with Crippen molar-refractivity contribution >= 4 is 40.5 Å². The number of ether oxygens (including phenoxy) is 3. The smallest absolute Gasteiger partial charge is 0.361 e. The number of benzene rings is 1. The molecule has 0 aliphatic rings. The molecule has 0 amide bonds. The van der Waals surface area contributed by atoms with Gasteiger partial charge in [0, 0.05) is 9.13 Å². The first kappa shape index (κ1) is 23.3. The summed E-state index contributed by atoms with van der Waals surface area (Å²) in [5, 5.41) is 0. The summed E-state index contributed by atoms with van der Waals surface area (Å²) in [6.07, 6.45) is 0. The molecule has 0 fully saturated rings. The topological polar surface area (TPSA) is 78.9 Å². The first-order valence-corrected chi connectivity index (χ1v) is 9.24. The highest BCUT2D eigenvalue weighted by Gasteiger charge is 2.55. The van der Waals surface area contributed by atoms with Crippen LogP contribution in [0.2, 0.25) is 0 Å². The van der Waals surface area contributed by atoms with E-state index in [-0.39, 0.29) is 5.56 Å². The molecule has 27 heavy (non-hydrogen) atoms. The van der Waals surface area contributed by atoms with Gasteiger partial charge in [-0.3, -0.25) is 0 Å². The molecule has 150 valence electrons. The zero-order valence-corrected chi connectivity index (χ0v) is 18.6. The van der Waals surface area contributed by atoms with Gasteiger partial charge in [-0.25, -0.2) is 18.8 Å². The van der Waals surface area contributed by atoms with Crippen LogP contribution >= 0.6 is 22.6 Å². The molecule has 0 aromatic heterocycles. The third-order valence-electron chi connectivity index (χ3n) is 3.12. The van der Waals surface area contributed by atoms with Gasteiger partial charge in [0.15, 0.2) is 0 Å². The van der Waals surface area contributed by atoms with Crippen LogP contribution < -0.4 is 0 Å². The molecule has 0 atom stereocenters. The largest absolute Gasteiger partial charge is 0.465 e. The van der Waals surface area contributed by atoms with Gasteiger partial charge in [-0.2, -0.15) is 0 Å². The third kappa shape index (κ3) is 5.88. The molecule has 0 heterocycles. The van der Waals surface area contributed by atoms with Gasteiger partial charge in [0.2, 0.25) is 0 Å². The monoisotopic (exact) mass is 494 g/mol. The summed E-state index contributed by atoms with van der Waals surface area (Å²) in [6, 6.07) is 3.97. The number of hydrogen-bond donors (Lipinski definition) is 0. The zero-order valence-electron chi connectivity index (χ0n) is 16.4. The maximum Gasteiger partial charge on any atom is 0.361 e. The van der Waals surface area contributed by atoms with E-state index in [0.29, 0.717) is 3.57 Å². The van der Waals surface area contributed by atoms with Crippen LogP contribution in [0.1, 0.15) is 57.5 Å². The molecule has 8 heteroatoms. The predicted octanol–water partition coefficient (Wildman–Crippen LogP) is 3.93. The van der Waals surface area contributed by atoms with Gasteiger partial charge in [-0.15, -0.1) is 0 Å². The van der Waals surface area contributed by atoms with Crippen molar-refractivity contribution < 1.29 is 33.0 Å². The lowest BCUT2D eigenvalue weighted by Gasteiger charge is -2.30. The molecule has 0 aliphatic heterocycles. The van der Waals surface area contributed by atoms with Crippen LogP contribution in [-0.4, -0.2) is 36.2 Å². The Bertz CT molecular complexity index is 718. The lowest BCUT2D eigenvalue weighted by atomic mass is 9.90. The fourth-order valence-corrected chi connectivity index (χ4v) is 2.59. The minimum Gasteiger partial charge on any atom is -0.465 e. The van der Waals surface area contributed by atoms with Crippen molar-refractivity contribution in [1.82, 2.24) is 0 Å². The van der Waals surface area contributed by atoms with Crippen LogP contribution in [0.3, 0.4) is 0 Å². The number of carbonyl (C=O) groups is 3. The number of esters is 3. The number of alkyl halides is 1. The van der Waals surface area contributed by atoms with E-state index in [1.54, 1.807) is 0 Å². The maximum atomic E-state index is 16.1. The van der Waals surface area contributed by atoms with Crippen molar-refractivity contribution in [1.29, 1.82) is 0 Å². The van der Waals surface area contributed by atoms with Crippen LogP contribution in [0.4, 0.5) is 4.39 Å². The van der Waals surface area contributed by atoms with Gasteiger partial charge in [-0.05, 0) is 76.3 Å². The minimum atomic E-state index is -3.34. The maximum absolute atomic E-state index is 16.1. The zero-order chi connectivity index (χ0) is 21.2. The van der Waals surface area contributed by atoms with Crippen molar-refractivity contribution in [2.24, 2.45) is 0 Å². The summed E-state index contributed by atoms with van der Waals surface area (Å²) in [7, 11) is 1.12. The Kier molecular flexibility index (Phi) is 7.01. The SMILES string of the molecule is COC(=O)c1cc(I)ccc1C(F)(C(=O)OC(C)(C)C)C(=O)OC(C)(C)C. The van der Waals surface area contributed by atoms with Gasteiger partial charge >= 0.3 is 23.6 Å². The van der Waals surface area contributed by atoms with Crippen molar-refractivity contribution in [3.63, 3.8) is 0 Å². The highest BCUT2D eigenvalue weighted by atomic mass is 127. The molecule has 0 saturated heterocycles. The lowest BCUT2D eigenvalue weighted by molar-refractivity contribution is -0.188. The second-order valence-corrected chi connectivity index (χ2v) is 9.09. The Morgan fingerprint density at radius 3 is 1.74 bits per heavy atom. The third-order valence-corrected chi connectivity index (χ3v) is 3.79. The highest BCUT2D eigenvalue weighted by Crippen LogP contribution is 2.36. The summed E-state index contributed by atoms with van der Waals surface area (Å²) >= 11 is 1.92. The number of carbonyl (C=O) groups excluding carboxylic acids is 3. The second kappa shape index (κ2) is 8.12. The van der Waals surface area contributed by atoms with Crippen LogP contribution in [0.5, 0.6) is 0 Å². The molecule has 1 rings (SSSR count). The summed E-state index contributed by atoms with van der Waals surface area (Å²) in [4.78, 5) is 37.6. The van der Waals surface area contributed by atoms with Crippen LogP contribution in [-0.2, 0) is 29.5 Å². The molecule has 0 saturated carbocycles. The number of hydrogen-bond acceptors (Lipinski definition) is 6. The van der Waals surface area contributed by atoms with E-state index in [1.807, 2.05) is 22.6 Å². The Morgan fingerprint density at radius 1 is 0.926 bits per heavy atom. The molecular formula is C19H24FIO6. The summed E-state index contributed by atoms with van der Waals surface area (Å²) < 4.78 is 31.6. The first-order valence-electron chi connectivity index (χ1n) is 8.16. The van der Waals surface area contributed by atoms with Crippen molar-refractivity contribution in [3.05, 3.63) is 32.9 Å². The second-order valence-electron chi connectivity index (χ2n) is 7.84. The quantitative estimate of drug-likeness (QED) is 0.273. The van der Waals surface area contributed by atoms with Crippen molar-refractivity contribution in [2.45, 2.75) is 58.4 Å². The van der Waals surface area contributed by atoms with Crippen LogP contribution in [0.15, 0.2) is 18.2 Å². The van der Waals surface area contributed by atoms with E-state index >= 15 is 4.39 Å². The molecular weight excluding hydrogens is 470 g/mol.